The molecule has 4 nitrogen and oxygen atoms in total. The van der Waals surface area contributed by atoms with E-state index in [0.717, 1.165) is 0 Å². The van der Waals surface area contributed by atoms with Gasteiger partial charge in [-0.25, -0.2) is 13.1 Å². The number of hydrogen-bond donors (Lipinski definition) is 2. The first-order chi connectivity index (χ1) is 5.71. The topological polar surface area (TPSA) is 72.2 Å². The quantitative estimate of drug-likeness (QED) is 0.692. The maximum absolute atomic E-state index is 11.9. The standard InChI is InChI=1S/C6H14F2N2O2S/c1-6(2,3-4-9)10-13(11,12)5(7)8/h5,10H,3-4,9H2,1-2H3. The highest BCUT2D eigenvalue weighted by Crippen LogP contribution is 2.12. The summed E-state index contributed by atoms with van der Waals surface area (Å²) in [5, 5.41) is 0. The Morgan fingerprint density at radius 1 is 1.46 bits per heavy atom. The summed E-state index contributed by atoms with van der Waals surface area (Å²) in [6.07, 6.45) is 0.305. The molecule has 0 rings (SSSR count). The Labute approximate surface area is 76.5 Å². The Morgan fingerprint density at radius 3 is 2.23 bits per heavy atom. The minimum absolute atomic E-state index is 0.235. The lowest BCUT2D eigenvalue weighted by atomic mass is 10.0. The molecule has 0 radical (unpaired) electrons. The molecule has 13 heavy (non-hydrogen) atoms. The van der Waals surface area contributed by atoms with Gasteiger partial charge >= 0.3 is 5.76 Å². The Balaban J connectivity index is 4.43. The van der Waals surface area contributed by atoms with E-state index in [2.05, 4.69) is 0 Å². The molecule has 0 bridgehead atoms. The molecule has 80 valence electrons. The number of alkyl halides is 2. The van der Waals surface area contributed by atoms with Gasteiger partial charge in [0.2, 0.25) is 0 Å². The van der Waals surface area contributed by atoms with Gasteiger partial charge in [0.25, 0.3) is 10.0 Å². The first-order valence-electron chi connectivity index (χ1n) is 3.72. The van der Waals surface area contributed by atoms with Crippen LogP contribution in [0.2, 0.25) is 0 Å². The van der Waals surface area contributed by atoms with E-state index in [1.54, 1.807) is 0 Å². The zero-order valence-corrected chi connectivity index (χ0v) is 8.37. The lowest BCUT2D eigenvalue weighted by molar-refractivity contribution is 0.228. The van der Waals surface area contributed by atoms with Gasteiger partial charge < -0.3 is 5.73 Å². The fourth-order valence-electron chi connectivity index (χ4n) is 0.842. The van der Waals surface area contributed by atoms with Gasteiger partial charge in [0.1, 0.15) is 0 Å². The van der Waals surface area contributed by atoms with Crippen LogP contribution in [-0.4, -0.2) is 26.3 Å². The average Bonchev–Trinajstić information content (AvgIpc) is 1.83. The van der Waals surface area contributed by atoms with Crippen molar-refractivity contribution >= 4 is 10.0 Å². The van der Waals surface area contributed by atoms with E-state index in [1.807, 2.05) is 4.72 Å². The van der Waals surface area contributed by atoms with Crippen LogP contribution < -0.4 is 10.5 Å². The molecule has 7 heteroatoms. The molecule has 0 aromatic rings. The smallest absolute Gasteiger partial charge is 0.330 e. The van der Waals surface area contributed by atoms with Crippen molar-refractivity contribution in [2.24, 2.45) is 5.73 Å². The van der Waals surface area contributed by atoms with E-state index in [1.165, 1.54) is 13.8 Å². The molecule has 3 N–H and O–H groups in total. The summed E-state index contributed by atoms with van der Waals surface area (Å²) >= 11 is 0. The van der Waals surface area contributed by atoms with Crippen LogP contribution in [0.4, 0.5) is 8.78 Å². The zero-order valence-electron chi connectivity index (χ0n) is 7.55. The van der Waals surface area contributed by atoms with Crippen LogP contribution >= 0.6 is 0 Å². The van der Waals surface area contributed by atoms with Crippen molar-refractivity contribution in [3.8, 4) is 0 Å². The summed E-state index contributed by atoms with van der Waals surface area (Å²) in [5.74, 6) is -3.40. The highest BCUT2D eigenvalue weighted by molar-refractivity contribution is 7.89. The molecule has 0 aliphatic carbocycles. The number of nitrogens with two attached hydrogens (primary N) is 1. The summed E-state index contributed by atoms with van der Waals surface area (Å²) in [7, 11) is -4.52. The summed E-state index contributed by atoms with van der Waals surface area (Å²) < 4.78 is 47.1. The molecule has 0 saturated heterocycles. The molecule has 0 atom stereocenters. The van der Waals surface area contributed by atoms with Crippen LogP contribution in [0, 0.1) is 0 Å². The molecule has 0 aliphatic heterocycles. The van der Waals surface area contributed by atoms with Crippen LogP contribution in [0.3, 0.4) is 0 Å². The predicted octanol–water partition coefficient (Wildman–Crippen LogP) is 0.256. The number of rotatable bonds is 5. The first-order valence-corrected chi connectivity index (χ1v) is 5.27. The second kappa shape index (κ2) is 4.30. The summed E-state index contributed by atoms with van der Waals surface area (Å²) in [4.78, 5) is 0. The molecule has 0 spiro atoms. The van der Waals surface area contributed by atoms with Gasteiger partial charge in [0.15, 0.2) is 0 Å². The third kappa shape index (κ3) is 4.49. The van der Waals surface area contributed by atoms with Crippen molar-refractivity contribution in [1.82, 2.24) is 4.72 Å². The molecule has 0 saturated carbocycles. The van der Waals surface area contributed by atoms with Crippen molar-refractivity contribution in [3.05, 3.63) is 0 Å². The van der Waals surface area contributed by atoms with Gasteiger partial charge in [-0.3, -0.25) is 0 Å². The molecule has 0 unspecified atom stereocenters. The summed E-state index contributed by atoms with van der Waals surface area (Å²) in [6.45, 7) is 3.23. The first kappa shape index (κ1) is 12.7. The Hall–Kier alpha value is -0.270. The fraction of sp³-hybridized carbons (Fsp3) is 1.00. The number of nitrogens with one attached hydrogen (secondary N) is 1. The second-order valence-corrected chi connectivity index (χ2v) is 4.98. The van der Waals surface area contributed by atoms with Crippen molar-refractivity contribution in [3.63, 3.8) is 0 Å². The van der Waals surface area contributed by atoms with Gasteiger partial charge in [-0.15, -0.1) is 0 Å². The molecule has 0 heterocycles. The predicted molar refractivity (Wildman–Crippen MR) is 45.8 cm³/mol. The van der Waals surface area contributed by atoms with Gasteiger partial charge in [-0.1, -0.05) is 0 Å². The lowest BCUT2D eigenvalue weighted by Crippen LogP contribution is -2.46. The van der Waals surface area contributed by atoms with E-state index in [0.29, 0.717) is 6.42 Å². The van der Waals surface area contributed by atoms with Crippen LogP contribution in [0.25, 0.3) is 0 Å². The zero-order chi connectivity index (χ0) is 10.7. The molecule has 0 fully saturated rings. The molecule has 0 aromatic carbocycles. The van der Waals surface area contributed by atoms with Gasteiger partial charge in [0, 0.05) is 5.54 Å². The highest BCUT2D eigenvalue weighted by Gasteiger charge is 2.30. The van der Waals surface area contributed by atoms with Crippen LogP contribution in [0.15, 0.2) is 0 Å². The van der Waals surface area contributed by atoms with Gasteiger partial charge in [-0.05, 0) is 26.8 Å². The highest BCUT2D eigenvalue weighted by atomic mass is 32.2. The maximum atomic E-state index is 11.9. The van der Waals surface area contributed by atoms with E-state index in [4.69, 9.17) is 5.73 Å². The lowest BCUT2D eigenvalue weighted by Gasteiger charge is -2.24. The van der Waals surface area contributed by atoms with Crippen LogP contribution in [0.1, 0.15) is 20.3 Å². The largest absolute Gasteiger partial charge is 0.350 e. The van der Waals surface area contributed by atoms with Gasteiger partial charge in [-0.2, -0.15) is 8.78 Å². The minimum Gasteiger partial charge on any atom is -0.330 e. The fourth-order valence-corrected chi connectivity index (χ4v) is 1.80. The van der Waals surface area contributed by atoms with E-state index < -0.39 is 21.3 Å². The second-order valence-electron chi connectivity index (χ2n) is 3.33. The average molecular weight is 216 g/mol. The van der Waals surface area contributed by atoms with Crippen molar-refractivity contribution in [2.75, 3.05) is 6.54 Å². The number of hydrogen-bond acceptors (Lipinski definition) is 3. The van der Waals surface area contributed by atoms with Gasteiger partial charge in [0.05, 0.1) is 0 Å². The maximum Gasteiger partial charge on any atom is 0.350 e. The van der Waals surface area contributed by atoms with Crippen LogP contribution in [0.5, 0.6) is 0 Å². The minimum atomic E-state index is -4.52. The van der Waals surface area contributed by atoms with Crippen molar-refractivity contribution < 1.29 is 17.2 Å². The van der Waals surface area contributed by atoms with Crippen molar-refractivity contribution in [2.45, 2.75) is 31.6 Å². The monoisotopic (exact) mass is 216 g/mol. The van der Waals surface area contributed by atoms with E-state index in [-0.39, 0.29) is 6.54 Å². The molecule has 0 aliphatic rings. The number of halogens is 2. The molecular weight excluding hydrogens is 202 g/mol. The third-order valence-electron chi connectivity index (χ3n) is 1.42. The van der Waals surface area contributed by atoms with E-state index >= 15 is 0 Å². The SMILES string of the molecule is CC(C)(CCN)NS(=O)(=O)C(F)F. The molecule has 0 amide bonds. The Morgan fingerprint density at radius 2 is 1.92 bits per heavy atom. The summed E-state index contributed by atoms with van der Waals surface area (Å²) in [6, 6.07) is 0. The molecule has 0 aromatic heterocycles. The Bertz CT molecular complexity index is 251. The number of sulfonamides is 1. The summed E-state index contributed by atoms with van der Waals surface area (Å²) in [5.41, 5.74) is 4.26. The normalized spacial score (nSPS) is 13.7. The van der Waals surface area contributed by atoms with Crippen molar-refractivity contribution in [1.29, 1.82) is 0 Å². The van der Waals surface area contributed by atoms with E-state index in [9.17, 15) is 17.2 Å². The third-order valence-corrected chi connectivity index (χ3v) is 2.73. The Kier molecular flexibility index (Phi) is 4.21. The molecular formula is C6H14F2N2O2S. The van der Waals surface area contributed by atoms with Crippen LogP contribution in [-0.2, 0) is 10.0 Å².